The Balaban J connectivity index is 2.88. The zero-order valence-electron chi connectivity index (χ0n) is 11.5. The summed E-state index contributed by atoms with van der Waals surface area (Å²) in [7, 11) is -3.02. The third-order valence-electron chi connectivity index (χ3n) is 3.59. The fourth-order valence-corrected chi connectivity index (χ4v) is 3.40. The fraction of sp³-hybridized carbons (Fsp3) is 0.571. The van der Waals surface area contributed by atoms with Crippen LogP contribution in [-0.2, 0) is 15.3 Å². The Kier molecular flexibility index (Phi) is 6.64. The molecular weight excluding hydrogens is 344 g/mol. The third kappa shape index (κ3) is 4.55. The summed E-state index contributed by atoms with van der Waals surface area (Å²) in [4.78, 5) is 0. The van der Waals surface area contributed by atoms with Crippen molar-refractivity contribution in [2.75, 3.05) is 24.7 Å². The van der Waals surface area contributed by atoms with Crippen LogP contribution in [0.15, 0.2) is 28.7 Å². The van der Waals surface area contributed by atoms with Gasteiger partial charge in [-0.1, -0.05) is 35.0 Å². The lowest BCUT2D eigenvalue weighted by Crippen LogP contribution is -2.35. The van der Waals surface area contributed by atoms with E-state index >= 15 is 0 Å². The van der Waals surface area contributed by atoms with Gasteiger partial charge in [0, 0.05) is 15.6 Å². The van der Waals surface area contributed by atoms with Crippen molar-refractivity contribution in [3.8, 4) is 0 Å². The summed E-state index contributed by atoms with van der Waals surface area (Å²) in [6.45, 7) is 1.19. The molecule has 6 heteroatoms. The number of hydrogen-bond donors (Lipinski definition) is 2. The van der Waals surface area contributed by atoms with Crippen LogP contribution < -0.4 is 0 Å². The van der Waals surface area contributed by atoms with Crippen LogP contribution in [0.3, 0.4) is 0 Å². The molecule has 0 unspecified atom stereocenters. The molecule has 0 amide bonds. The lowest BCUT2D eigenvalue weighted by atomic mass is 9.78. The van der Waals surface area contributed by atoms with Crippen LogP contribution in [0.1, 0.15) is 25.3 Å². The highest BCUT2D eigenvalue weighted by molar-refractivity contribution is 9.10. The molecule has 0 bridgehead atoms. The van der Waals surface area contributed by atoms with Crippen molar-refractivity contribution < 1.29 is 18.6 Å². The molecular formula is C14H21BrO4S. The normalized spacial score (nSPS) is 12.6. The first-order valence-electron chi connectivity index (χ1n) is 6.57. The van der Waals surface area contributed by atoms with E-state index in [0.717, 1.165) is 10.0 Å². The second-order valence-electron chi connectivity index (χ2n) is 4.95. The van der Waals surface area contributed by atoms with Crippen molar-refractivity contribution >= 4 is 25.8 Å². The zero-order chi connectivity index (χ0) is 15.2. The third-order valence-corrected chi connectivity index (χ3v) is 5.88. The van der Waals surface area contributed by atoms with E-state index in [4.69, 9.17) is 0 Å². The second kappa shape index (κ2) is 7.54. The summed E-state index contributed by atoms with van der Waals surface area (Å²) in [6, 6.07) is 7.39. The molecule has 0 saturated carbocycles. The van der Waals surface area contributed by atoms with Gasteiger partial charge in [-0.3, -0.25) is 0 Å². The zero-order valence-corrected chi connectivity index (χ0v) is 14.0. The quantitative estimate of drug-likeness (QED) is 0.738. The van der Waals surface area contributed by atoms with Crippen molar-refractivity contribution in [2.45, 2.75) is 25.2 Å². The van der Waals surface area contributed by atoms with Gasteiger partial charge < -0.3 is 10.2 Å². The molecule has 1 rings (SSSR count). The standard InChI is InChI=1S/C14H21BrO4S/c1-2-20(18,19)8-4-7-14(10-16,11-17)12-5-3-6-13(15)9-12/h3,5-6,9,16-17H,2,4,7-8,10-11H2,1H3. The Bertz CT molecular complexity index is 524. The summed E-state index contributed by atoms with van der Waals surface area (Å²) in [5, 5.41) is 19.4. The van der Waals surface area contributed by atoms with Crippen LogP contribution in [0.5, 0.6) is 0 Å². The Morgan fingerprint density at radius 2 is 1.90 bits per heavy atom. The molecule has 0 aromatic heterocycles. The summed E-state index contributed by atoms with van der Waals surface area (Å²) in [6.07, 6.45) is 0.847. The Morgan fingerprint density at radius 3 is 2.40 bits per heavy atom. The number of sulfone groups is 1. The molecule has 0 radical (unpaired) electrons. The van der Waals surface area contributed by atoms with Crippen LogP contribution in [0.25, 0.3) is 0 Å². The maximum Gasteiger partial charge on any atom is 0.150 e. The molecule has 0 aliphatic heterocycles. The average molecular weight is 365 g/mol. The van der Waals surface area contributed by atoms with Crippen LogP contribution in [-0.4, -0.2) is 43.4 Å². The number of rotatable bonds is 8. The predicted octanol–water partition coefficient (Wildman–Crippen LogP) is 1.89. The smallest absolute Gasteiger partial charge is 0.150 e. The van der Waals surface area contributed by atoms with Crippen molar-refractivity contribution in [1.82, 2.24) is 0 Å². The van der Waals surface area contributed by atoms with Gasteiger partial charge in [-0.25, -0.2) is 8.42 Å². The van der Waals surface area contributed by atoms with Gasteiger partial charge in [0.2, 0.25) is 0 Å². The van der Waals surface area contributed by atoms with Gasteiger partial charge >= 0.3 is 0 Å². The van der Waals surface area contributed by atoms with E-state index in [0.29, 0.717) is 12.8 Å². The highest BCUT2D eigenvalue weighted by Gasteiger charge is 2.31. The van der Waals surface area contributed by atoms with Gasteiger partial charge in [-0.15, -0.1) is 0 Å². The summed E-state index contributed by atoms with van der Waals surface area (Å²) in [5.74, 6) is 0.203. The first kappa shape index (κ1) is 17.6. The SMILES string of the molecule is CCS(=O)(=O)CCCC(CO)(CO)c1cccc(Br)c1. The first-order valence-corrected chi connectivity index (χ1v) is 9.19. The first-order chi connectivity index (χ1) is 9.39. The Labute approximate surface area is 128 Å². The topological polar surface area (TPSA) is 74.6 Å². The maximum absolute atomic E-state index is 11.5. The highest BCUT2D eigenvalue weighted by atomic mass is 79.9. The molecule has 0 atom stereocenters. The van der Waals surface area contributed by atoms with Gasteiger partial charge in [0.1, 0.15) is 9.84 Å². The largest absolute Gasteiger partial charge is 0.395 e. The van der Waals surface area contributed by atoms with E-state index < -0.39 is 15.3 Å². The average Bonchev–Trinajstić information content (AvgIpc) is 2.44. The van der Waals surface area contributed by atoms with E-state index in [2.05, 4.69) is 15.9 Å². The van der Waals surface area contributed by atoms with Crippen molar-refractivity contribution in [2.24, 2.45) is 0 Å². The van der Waals surface area contributed by atoms with E-state index in [1.807, 2.05) is 24.3 Å². The van der Waals surface area contributed by atoms with E-state index in [1.54, 1.807) is 6.92 Å². The maximum atomic E-state index is 11.5. The molecule has 0 spiro atoms. The molecule has 1 aromatic rings. The second-order valence-corrected chi connectivity index (χ2v) is 8.34. The minimum absolute atomic E-state index is 0.0826. The van der Waals surface area contributed by atoms with Crippen LogP contribution in [0, 0.1) is 0 Å². The highest BCUT2D eigenvalue weighted by Crippen LogP contribution is 2.30. The van der Waals surface area contributed by atoms with E-state index in [9.17, 15) is 18.6 Å². The summed E-state index contributed by atoms with van der Waals surface area (Å²) in [5.41, 5.74) is 0.0123. The Morgan fingerprint density at radius 1 is 1.25 bits per heavy atom. The lowest BCUT2D eigenvalue weighted by Gasteiger charge is -2.30. The van der Waals surface area contributed by atoms with Crippen molar-refractivity contribution in [1.29, 1.82) is 0 Å². The molecule has 2 N–H and O–H groups in total. The van der Waals surface area contributed by atoms with Gasteiger partial charge in [-0.05, 0) is 30.5 Å². The molecule has 0 fully saturated rings. The molecule has 4 nitrogen and oxygen atoms in total. The lowest BCUT2D eigenvalue weighted by molar-refractivity contribution is 0.109. The summed E-state index contributed by atoms with van der Waals surface area (Å²) >= 11 is 3.36. The number of benzene rings is 1. The number of aliphatic hydroxyl groups excluding tert-OH is 2. The van der Waals surface area contributed by atoms with E-state index in [-0.39, 0.29) is 24.7 Å². The molecule has 1 aromatic carbocycles. The van der Waals surface area contributed by atoms with E-state index in [1.165, 1.54) is 0 Å². The number of halogens is 1. The van der Waals surface area contributed by atoms with Crippen LogP contribution in [0.2, 0.25) is 0 Å². The molecule has 0 heterocycles. The molecule has 114 valence electrons. The molecule has 20 heavy (non-hydrogen) atoms. The van der Waals surface area contributed by atoms with Crippen LogP contribution >= 0.6 is 15.9 Å². The van der Waals surface area contributed by atoms with Gasteiger partial charge in [0.05, 0.1) is 19.0 Å². The molecule has 0 aliphatic carbocycles. The monoisotopic (exact) mass is 364 g/mol. The van der Waals surface area contributed by atoms with Crippen LogP contribution in [0.4, 0.5) is 0 Å². The molecule has 0 saturated heterocycles. The molecule has 0 aliphatic rings. The minimum Gasteiger partial charge on any atom is -0.395 e. The van der Waals surface area contributed by atoms with Gasteiger partial charge in [0.15, 0.2) is 0 Å². The fourth-order valence-electron chi connectivity index (χ4n) is 2.13. The number of aliphatic hydroxyl groups is 2. The summed E-state index contributed by atoms with van der Waals surface area (Å²) < 4.78 is 23.9. The number of hydrogen-bond acceptors (Lipinski definition) is 4. The van der Waals surface area contributed by atoms with Crippen molar-refractivity contribution in [3.63, 3.8) is 0 Å². The minimum atomic E-state index is -3.02. The predicted molar refractivity (Wildman–Crippen MR) is 83.6 cm³/mol. The van der Waals surface area contributed by atoms with Crippen molar-refractivity contribution in [3.05, 3.63) is 34.3 Å². The van der Waals surface area contributed by atoms with Gasteiger partial charge in [0.25, 0.3) is 0 Å². The Hall–Kier alpha value is -0.430. The van der Waals surface area contributed by atoms with Gasteiger partial charge in [-0.2, -0.15) is 0 Å².